The van der Waals surface area contributed by atoms with Crippen molar-refractivity contribution in [1.82, 2.24) is 4.31 Å². The van der Waals surface area contributed by atoms with Gasteiger partial charge in [-0.25, -0.2) is 8.42 Å². The lowest BCUT2D eigenvalue weighted by molar-refractivity contribution is -0.146. The molecule has 0 bridgehead atoms. The summed E-state index contributed by atoms with van der Waals surface area (Å²) in [6, 6.07) is 9.27. The predicted octanol–water partition coefficient (Wildman–Crippen LogP) is 1.87. The Morgan fingerprint density at radius 3 is 2.43 bits per heavy atom. The van der Waals surface area contributed by atoms with Crippen molar-refractivity contribution >= 4 is 22.1 Å². The van der Waals surface area contributed by atoms with E-state index in [-0.39, 0.29) is 11.9 Å². The first-order chi connectivity index (χ1) is 10.0. The van der Waals surface area contributed by atoms with Crippen molar-refractivity contribution in [1.29, 1.82) is 0 Å². The molecule has 0 N–H and O–H groups in total. The highest BCUT2D eigenvalue weighted by atomic mass is 32.2. The maximum Gasteiger partial charge on any atom is 0.308 e. The van der Waals surface area contributed by atoms with Crippen LogP contribution in [0.4, 0.5) is 0 Å². The molecule has 0 spiro atoms. The largest absolute Gasteiger partial charge is 0.469 e. The Morgan fingerprint density at radius 1 is 1.24 bits per heavy atom. The molecule has 1 aliphatic rings. The van der Waals surface area contributed by atoms with E-state index in [9.17, 15) is 13.2 Å². The van der Waals surface area contributed by atoms with E-state index >= 15 is 0 Å². The van der Waals surface area contributed by atoms with Crippen LogP contribution in [-0.4, -0.2) is 38.9 Å². The monoisotopic (exact) mass is 309 g/mol. The maximum absolute atomic E-state index is 12.2. The molecule has 1 aromatic carbocycles. The molecule has 0 radical (unpaired) electrons. The summed E-state index contributed by atoms with van der Waals surface area (Å²) < 4.78 is 30.6. The normalized spacial score (nSPS) is 18.0. The molecule has 5 nitrogen and oxygen atoms in total. The van der Waals surface area contributed by atoms with Crippen molar-refractivity contribution in [3.05, 3.63) is 41.3 Å². The average molecular weight is 309 g/mol. The minimum absolute atomic E-state index is 0.195. The molecule has 1 fully saturated rings. The summed E-state index contributed by atoms with van der Waals surface area (Å²) in [6.45, 7) is 0.697. The number of piperidine rings is 1. The number of benzene rings is 1. The Bertz CT molecular complexity index is 602. The van der Waals surface area contributed by atoms with Crippen molar-refractivity contribution in [3.8, 4) is 0 Å². The Labute approximate surface area is 125 Å². The molecule has 0 saturated carbocycles. The summed E-state index contributed by atoms with van der Waals surface area (Å²) >= 11 is 0. The molecule has 1 heterocycles. The maximum atomic E-state index is 12.2. The summed E-state index contributed by atoms with van der Waals surface area (Å²) in [5.41, 5.74) is 0.838. The van der Waals surface area contributed by atoms with E-state index < -0.39 is 10.0 Å². The van der Waals surface area contributed by atoms with Crippen molar-refractivity contribution in [2.45, 2.75) is 12.8 Å². The molecule has 114 valence electrons. The van der Waals surface area contributed by atoms with Crippen LogP contribution < -0.4 is 0 Å². The zero-order chi connectivity index (χ0) is 15.3. The molecule has 6 heteroatoms. The third-order valence-electron chi connectivity index (χ3n) is 3.58. The SMILES string of the molecule is COC(=O)C1CCN(S(=O)(=O)/C=C/c2ccccc2)CC1. The number of sulfonamides is 1. The van der Waals surface area contributed by atoms with Crippen LogP contribution in [0.1, 0.15) is 18.4 Å². The number of methoxy groups -OCH3 is 1. The van der Waals surface area contributed by atoms with Gasteiger partial charge in [-0.1, -0.05) is 30.3 Å². The lowest BCUT2D eigenvalue weighted by Crippen LogP contribution is -2.39. The van der Waals surface area contributed by atoms with Gasteiger partial charge in [0.1, 0.15) is 0 Å². The minimum Gasteiger partial charge on any atom is -0.469 e. The highest BCUT2D eigenvalue weighted by Gasteiger charge is 2.30. The van der Waals surface area contributed by atoms with E-state index in [1.165, 1.54) is 16.8 Å². The van der Waals surface area contributed by atoms with Gasteiger partial charge in [-0.05, 0) is 24.5 Å². The number of esters is 1. The molecule has 0 aliphatic carbocycles. The van der Waals surface area contributed by atoms with Gasteiger partial charge in [0.15, 0.2) is 0 Å². The number of nitrogens with zero attached hydrogens (tertiary/aromatic N) is 1. The molecular weight excluding hydrogens is 290 g/mol. The molecule has 1 aliphatic heterocycles. The van der Waals surface area contributed by atoms with Gasteiger partial charge in [-0.15, -0.1) is 0 Å². The standard InChI is InChI=1S/C15H19NO4S/c1-20-15(17)14-7-10-16(11-8-14)21(18,19)12-9-13-5-3-2-4-6-13/h2-6,9,12,14H,7-8,10-11H2,1H3/b12-9+. The highest BCUT2D eigenvalue weighted by molar-refractivity contribution is 7.92. The minimum atomic E-state index is -3.44. The van der Waals surface area contributed by atoms with E-state index in [1.807, 2.05) is 30.3 Å². The Morgan fingerprint density at radius 2 is 1.86 bits per heavy atom. The summed E-state index contributed by atoms with van der Waals surface area (Å²) in [4.78, 5) is 11.4. The van der Waals surface area contributed by atoms with Gasteiger partial charge in [0.05, 0.1) is 13.0 Å². The lowest BCUT2D eigenvalue weighted by Gasteiger charge is -2.28. The van der Waals surface area contributed by atoms with Crippen LogP contribution in [-0.2, 0) is 19.6 Å². The van der Waals surface area contributed by atoms with E-state index in [4.69, 9.17) is 4.74 Å². The predicted molar refractivity (Wildman–Crippen MR) is 80.7 cm³/mol. The third kappa shape index (κ3) is 4.15. The van der Waals surface area contributed by atoms with Crippen LogP contribution in [0.2, 0.25) is 0 Å². The van der Waals surface area contributed by atoms with Crippen LogP contribution in [0.5, 0.6) is 0 Å². The van der Waals surface area contributed by atoms with Crippen LogP contribution in [0.15, 0.2) is 35.7 Å². The second-order valence-electron chi connectivity index (χ2n) is 4.95. The molecule has 1 saturated heterocycles. The van der Waals surface area contributed by atoms with E-state index in [1.54, 1.807) is 6.08 Å². The van der Waals surface area contributed by atoms with Gasteiger partial charge in [0.2, 0.25) is 10.0 Å². The number of ether oxygens (including phenoxy) is 1. The third-order valence-corrected chi connectivity index (χ3v) is 5.15. The van der Waals surface area contributed by atoms with Gasteiger partial charge in [-0.3, -0.25) is 4.79 Å². The lowest BCUT2D eigenvalue weighted by atomic mass is 9.99. The first-order valence-electron chi connectivity index (χ1n) is 6.84. The molecule has 0 amide bonds. The molecule has 0 unspecified atom stereocenters. The Hall–Kier alpha value is -1.66. The zero-order valence-corrected chi connectivity index (χ0v) is 12.8. The van der Waals surface area contributed by atoms with E-state index in [0.717, 1.165) is 5.56 Å². The van der Waals surface area contributed by atoms with Gasteiger partial charge >= 0.3 is 5.97 Å². The summed E-state index contributed by atoms with van der Waals surface area (Å²) in [5, 5.41) is 1.22. The van der Waals surface area contributed by atoms with E-state index in [2.05, 4.69) is 0 Å². The van der Waals surface area contributed by atoms with Crippen LogP contribution in [0, 0.1) is 5.92 Å². The molecule has 1 aromatic rings. The molecule has 0 aromatic heterocycles. The second kappa shape index (κ2) is 6.87. The second-order valence-corrected chi connectivity index (χ2v) is 6.77. The van der Waals surface area contributed by atoms with Crippen LogP contribution >= 0.6 is 0 Å². The fourth-order valence-electron chi connectivity index (χ4n) is 2.33. The van der Waals surface area contributed by atoms with Crippen molar-refractivity contribution in [2.75, 3.05) is 20.2 Å². The summed E-state index contributed by atoms with van der Waals surface area (Å²) in [7, 11) is -2.08. The van der Waals surface area contributed by atoms with Crippen LogP contribution in [0.25, 0.3) is 6.08 Å². The fraction of sp³-hybridized carbons (Fsp3) is 0.400. The number of carbonyl (C=O) groups is 1. The van der Waals surface area contributed by atoms with Gasteiger partial charge < -0.3 is 4.74 Å². The number of carbonyl (C=O) groups excluding carboxylic acids is 1. The van der Waals surface area contributed by atoms with Gasteiger partial charge in [-0.2, -0.15) is 4.31 Å². The fourth-order valence-corrected chi connectivity index (χ4v) is 3.55. The Kier molecular flexibility index (Phi) is 5.14. The van der Waals surface area contributed by atoms with E-state index in [0.29, 0.717) is 25.9 Å². The molecule has 0 atom stereocenters. The molecule has 2 rings (SSSR count). The van der Waals surface area contributed by atoms with Crippen molar-refractivity contribution < 1.29 is 17.9 Å². The first-order valence-corrected chi connectivity index (χ1v) is 8.34. The molecule has 21 heavy (non-hydrogen) atoms. The summed E-state index contributed by atoms with van der Waals surface area (Å²) in [5.74, 6) is -0.452. The number of hydrogen-bond acceptors (Lipinski definition) is 4. The van der Waals surface area contributed by atoms with Gasteiger partial charge in [0, 0.05) is 18.5 Å². The molecular formula is C15H19NO4S. The highest BCUT2D eigenvalue weighted by Crippen LogP contribution is 2.21. The topological polar surface area (TPSA) is 63.7 Å². The van der Waals surface area contributed by atoms with Crippen LogP contribution in [0.3, 0.4) is 0 Å². The first kappa shape index (κ1) is 15.7. The number of hydrogen-bond donors (Lipinski definition) is 0. The average Bonchev–Trinajstić information content (AvgIpc) is 2.53. The smallest absolute Gasteiger partial charge is 0.308 e. The van der Waals surface area contributed by atoms with Crippen molar-refractivity contribution in [2.24, 2.45) is 5.92 Å². The summed E-state index contributed by atoms with van der Waals surface area (Å²) in [6.07, 6.45) is 2.60. The number of rotatable bonds is 4. The quantitative estimate of drug-likeness (QED) is 0.797. The Balaban J connectivity index is 1.99. The zero-order valence-electron chi connectivity index (χ0n) is 11.9. The van der Waals surface area contributed by atoms with Crippen molar-refractivity contribution in [3.63, 3.8) is 0 Å². The van der Waals surface area contributed by atoms with Gasteiger partial charge in [0.25, 0.3) is 0 Å².